The van der Waals surface area contributed by atoms with E-state index in [1.807, 2.05) is 0 Å². The first-order chi connectivity index (χ1) is 7.75. The largest absolute Gasteiger partial charge is 0.477 e. The second-order valence-electron chi connectivity index (χ2n) is 4.08. The van der Waals surface area contributed by atoms with E-state index in [1.54, 1.807) is 12.3 Å². The van der Waals surface area contributed by atoms with Crippen LogP contribution in [0, 0.1) is 0 Å². The average molecular weight is 242 g/mol. The zero-order chi connectivity index (χ0) is 11.4. The third kappa shape index (κ3) is 3.06. The van der Waals surface area contributed by atoms with E-state index in [4.69, 9.17) is 16.3 Å². The van der Waals surface area contributed by atoms with Crippen LogP contribution in [0.2, 0.25) is 5.28 Å². The molecule has 1 aromatic rings. The molecule has 0 saturated carbocycles. The third-order valence-corrected chi connectivity index (χ3v) is 3.16. The summed E-state index contributed by atoms with van der Waals surface area (Å²) in [5, 5.41) is 0.232. The Bertz CT molecular complexity index is 348. The second kappa shape index (κ2) is 5.46. The summed E-state index contributed by atoms with van der Waals surface area (Å²) in [5.41, 5.74) is 0. The number of rotatable bonds is 4. The molecule has 0 amide bonds. The molecular formula is C11H16ClN3O. The van der Waals surface area contributed by atoms with Crippen molar-refractivity contribution in [1.29, 1.82) is 0 Å². The highest BCUT2D eigenvalue weighted by Crippen LogP contribution is 2.18. The minimum Gasteiger partial charge on any atom is -0.477 e. The molecule has 1 saturated heterocycles. The highest BCUT2D eigenvalue weighted by molar-refractivity contribution is 6.28. The fourth-order valence-corrected chi connectivity index (χ4v) is 2.18. The minimum absolute atomic E-state index is 0.232. The molecule has 1 aliphatic heterocycles. The Balaban J connectivity index is 1.75. The Hall–Kier alpha value is -0.870. The van der Waals surface area contributed by atoms with Crippen LogP contribution in [0.15, 0.2) is 12.3 Å². The Morgan fingerprint density at radius 2 is 2.50 bits per heavy atom. The smallest absolute Gasteiger partial charge is 0.225 e. The van der Waals surface area contributed by atoms with E-state index in [0.717, 1.165) is 6.42 Å². The summed E-state index contributed by atoms with van der Waals surface area (Å²) in [7, 11) is 2.17. The van der Waals surface area contributed by atoms with Crippen LogP contribution < -0.4 is 4.74 Å². The van der Waals surface area contributed by atoms with E-state index in [1.165, 1.54) is 19.4 Å². The Morgan fingerprint density at radius 3 is 3.19 bits per heavy atom. The van der Waals surface area contributed by atoms with Gasteiger partial charge in [0.25, 0.3) is 0 Å². The highest BCUT2D eigenvalue weighted by Gasteiger charge is 2.20. The van der Waals surface area contributed by atoms with Crippen LogP contribution >= 0.6 is 11.6 Å². The van der Waals surface area contributed by atoms with Gasteiger partial charge in [-0.15, -0.1) is 0 Å². The third-order valence-electron chi connectivity index (χ3n) is 2.97. The normalized spacial score (nSPS) is 21.2. The molecule has 0 spiro atoms. The monoisotopic (exact) mass is 241 g/mol. The standard InChI is InChI=1S/C11H16ClN3O/c1-15-7-2-3-9(15)5-8-16-10-4-6-13-11(12)14-10/h4,6,9H,2-3,5,7-8H2,1H3. The molecule has 88 valence electrons. The summed E-state index contributed by atoms with van der Waals surface area (Å²) >= 11 is 5.66. The van der Waals surface area contributed by atoms with Crippen molar-refractivity contribution in [2.45, 2.75) is 25.3 Å². The molecule has 1 aromatic heterocycles. The lowest BCUT2D eigenvalue weighted by Crippen LogP contribution is -2.26. The van der Waals surface area contributed by atoms with Crippen LogP contribution in [0.25, 0.3) is 0 Å². The van der Waals surface area contributed by atoms with E-state index >= 15 is 0 Å². The molecule has 16 heavy (non-hydrogen) atoms. The van der Waals surface area contributed by atoms with Crippen molar-refractivity contribution in [3.05, 3.63) is 17.5 Å². The zero-order valence-electron chi connectivity index (χ0n) is 9.40. The van der Waals surface area contributed by atoms with Crippen LogP contribution in [-0.2, 0) is 0 Å². The first kappa shape index (κ1) is 11.6. The van der Waals surface area contributed by atoms with Crippen LogP contribution in [0.3, 0.4) is 0 Å². The van der Waals surface area contributed by atoms with Gasteiger partial charge in [-0.2, -0.15) is 4.98 Å². The predicted molar refractivity (Wildman–Crippen MR) is 62.8 cm³/mol. The van der Waals surface area contributed by atoms with Crippen LogP contribution in [0.4, 0.5) is 0 Å². The maximum atomic E-state index is 5.66. The molecule has 2 heterocycles. The number of likely N-dealkylation sites (tertiary alicyclic amines) is 1. The van der Waals surface area contributed by atoms with Gasteiger partial charge in [0, 0.05) is 18.3 Å². The molecule has 1 aliphatic rings. The summed E-state index contributed by atoms with van der Waals surface area (Å²) in [6.07, 6.45) is 5.20. The molecule has 1 unspecified atom stereocenters. The summed E-state index contributed by atoms with van der Waals surface area (Å²) in [5.74, 6) is 0.556. The molecule has 1 atom stereocenters. The maximum Gasteiger partial charge on any atom is 0.225 e. The van der Waals surface area contributed by atoms with Crippen molar-refractivity contribution >= 4 is 11.6 Å². The van der Waals surface area contributed by atoms with Gasteiger partial charge in [0.2, 0.25) is 11.2 Å². The van der Waals surface area contributed by atoms with Crippen molar-refractivity contribution in [2.75, 3.05) is 20.2 Å². The van der Waals surface area contributed by atoms with Gasteiger partial charge >= 0.3 is 0 Å². The molecular weight excluding hydrogens is 226 g/mol. The number of nitrogens with zero attached hydrogens (tertiary/aromatic N) is 3. The van der Waals surface area contributed by atoms with Gasteiger partial charge in [-0.1, -0.05) is 0 Å². The Kier molecular flexibility index (Phi) is 3.96. The SMILES string of the molecule is CN1CCCC1CCOc1ccnc(Cl)n1. The number of hydrogen-bond donors (Lipinski definition) is 0. The number of halogens is 1. The highest BCUT2D eigenvalue weighted by atomic mass is 35.5. The quantitative estimate of drug-likeness (QED) is 0.756. The van der Waals surface area contributed by atoms with E-state index in [-0.39, 0.29) is 5.28 Å². The molecule has 0 aromatic carbocycles. The van der Waals surface area contributed by atoms with Crippen LogP contribution in [0.5, 0.6) is 5.88 Å². The van der Waals surface area contributed by atoms with Crippen molar-refractivity contribution in [2.24, 2.45) is 0 Å². The molecule has 0 aliphatic carbocycles. The van der Waals surface area contributed by atoms with Crippen molar-refractivity contribution in [1.82, 2.24) is 14.9 Å². The van der Waals surface area contributed by atoms with Crippen LogP contribution in [0.1, 0.15) is 19.3 Å². The lowest BCUT2D eigenvalue weighted by Gasteiger charge is -2.18. The number of aromatic nitrogens is 2. The van der Waals surface area contributed by atoms with Gasteiger partial charge in [0.1, 0.15) is 0 Å². The van der Waals surface area contributed by atoms with Crippen molar-refractivity contribution in [3.8, 4) is 5.88 Å². The van der Waals surface area contributed by atoms with Gasteiger partial charge in [0.15, 0.2) is 0 Å². The van der Waals surface area contributed by atoms with E-state index in [0.29, 0.717) is 18.5 Å². The number of hydrogen-bond acceptors (Lipinski definition) is 4. The molecule has 2 rings (SSSR count). The van der Waals surface area contributed by atoms with Crippen LogP contribution in [-0.4, -0.2) is 41.1 Å². The molecule has 0 bridgehead atoms. The van der Waals surface area contributed by atoms with Gasteiger partial charge in [-0.3, -0.25) is 0 Å². The maximum absolute atomic E-state index is 5.66. The first-order valence-electron chi connectivity index (χ1n) is 5.57. The summed E-state index contributed by atoms with van der Waals surface area (Å²) in [4.78, 5) is 10.2. The van der Waals surface area contributed by atoms with Crippen molar-refractivity contribution in [3.63, 3.8) is 0 Å². The molecule has 1 fully saturated rings. The molecule has 0 N–H and O–H groups in total. The Labute approximate surface area is 101 Å². The summed E-state index contributed by atoms with van der Waals surface area (Å²) in [6.45, 7) is 1.88. The average Bonchev–Trinajstić information content (AvgIpc) is 2.65. The summed E-state index contributed by atoms with van der Waals surface area (Å²) in [6, 6.07) is 2.38. The predicted octanol–water partition coefficient (Wildman–Crippen LogP) is 1.99. The van der Waals surface area contributed by atoms with E-state index < -0.39 is 0 Å². The second-order valence-corrected chi connectivity index (χ2v) is 4.42. The van der Waals surface area contributed by atoms with Gasteiger partial charge < -0.3 is 9.64 Å². The zero-order valence-corrected chi connectivity index (χ0v) is 10.2. The fourth-order valence-electron chi connectivity index (χ4n) is 2.04. The lowest BCUT2D eigenvalue weighted by molar-refractivity contribution is 0.228. The summed E-state index contributed by atoms with van der Waals surface area (Å²) < 4.78 is 5.53. The molecule has 5 heteroatoms. The topological polar surface area (TPSA) is 38.2 Å². The van der Waals surface area contributed by atoms with E-state index in [9.17, 15) is 0 Å². The van der Waals surface area contributed by atoms with Gasteiger partial charge in [-0.05, 0) is 44.5 Å². The number of ether oxygens (including phenoxy) is 1. The first-order valence-corrected chi connectivity index (χ1v) is 5.95. The van der Waals surface area contributed by atoms with Crippen molar-refractivity contribution < 1.29 is 4.74 Å². The van der Waals surface area contributed by atoms with E-state index in [2.05, 4.69) is 21.9 Å². The fraction of sp³-hybridized carbons (Fsp3) is 0.636. The Morgan fingerprint density at radius 1 is 1.62 bits per heavy atom. The van der Waals surface area contributed by atoms with Gasteiger partial charge in [-0.25, -0.2) is 4.98 Å². The minimum atomic E-state index is 0.232. The van der Waals surface area contributed by atoms with Gasteiger partial charge in [0.05, 0.1) is 6.61 Å². The molecule has 4 nitrogen and oxygen atoms in total. The lowest BCUT2D eigenvalue weighted by atomic mass is 10.1. The molecule has 0 radical (unpaired) electrons.